The molecule has 0 N–H and O–H groups in total. The molecule has 0 spiro atoms. The van der Waals surface area contributed by atoms with E-state index in [-0.39, 0.29) is 11.9 Å². The number of hydrogen-bond acceptors (Lipinski definition) is 4. The van der Waals surface area contributed by atoms with Gasteiger partial charge in [0.15, 0.2) is 5.65 Å². The maximum absolute atomic E-state index is 13.8. The van der Waals surface area contributed by atoms with Gasteiger partial charge in [-0.05, 0) is 60.7 Å². The normalized spacial score (nSPS) is 16.7. The van der Waals surface area contributed by atoms with Gasteiger partial charge < -0.3 is 4.90 Å². The Labute approximate surface area is 175 Å². The van der Waals surface area contributed by atoms with E-state index in [1.807, 2.05) is 47.1 Å². The molecule has 152 valence electrons. The lowest BCUT2D eigenvalue weighted by Crippen LogP contribution is -2.24. The van der Waals surface area contributed by atoms with E-state index in [1.54, 1.807) is 12.1 Å². The standard InChI is InChI=1S/C24H24FN5/c1-16(2)19-8-4-9-20(27-19)22-15-26-23-11-12-24(28-30(22)23)29-13-5-10-21(29)17-6-3-7-18(25)14-17/h3-4,6-9,11-12,14-16,21H,5,10,13H2,1-2H3. The van der Waals surface area contributed by atoms with E-state index in [2.05, 4.69) is 23.7 Å². The molecule has 6 heteroatoms. The predicted molar refractivity (Wildman–Crippen MR) is 116 cm³/mol. The van der Waals surface area contributed by atoms with E-state index in [1.165, 1.54) is 6.07 Å². The molecule has 0 aliphatic carbocycles. The van der Waals surface area contributed by atoms with Crippen LogP contribution in [0.1, 0.15) is 49.9 Å². The highest BCUT2D eigenvalue weighted by molar-refractivity contribution is 5.61. The van der Waals surface area contributed by atoms with Crippen LogP contribution < -0.4 is 4.90 Å². The maximum atomic E-state index is 13.8. The molecule has 3 aromatic heterocycles. The highest BCUT2D eigenvalue weighted by Gasteiger charge is 2.28. The Morgan fingerprint density at radius 1 is 1.07 bits per heavy atom. The van der Waals surface area contributed by atoms with Gasteiger partial charge in [0.1, 0.15) is 17.3 Å². The molecule has 1 unspecified atom stereocenters. The number of aromatic nitrogens is 4. The Hall–Kier alpha value is -3.28. The van der Waals surface area contributed by atoms with Crippen LogP contribution in [-0.2, 0) is 0 Å². The van der Waals surface area contributed by atoms with Gasteiger partial charge in [0.2, 0.25) is 0 Å². The van der Waals surface area contributed by atoms with Crippen molar-refractivity contribution in [3.05, 3.63) is 77.9 Å². The SMILES string of the molecule is CC(C)c1cccc(-c2cnc3ccc(N4CCCC4c4cccc(F)c4)nn23)n1. The zero-order valence-electron chi connectivity index (χ0n) is 17.2. The molecular formula is C24H24FN5. The number of anilines is 1. The van der Waals surface area contributed by atoms with Gasteiger partial charge in [-0.1, -0.05) is 32.0 Å². The summed E-state index contributed by atoms with van der Waals surface area (Å²) < 4.78 is 15.7. The lowest BCUT2D eigenvalue weighted by molar-refractivity contribution is 0.617. The molecule has 0 amide bonds. The van der Waals surface area contributed by atoms with Crippen molar-refractivity contribution in [1.29, 1.82) is 0 Å². The minimum Gasteiger partial charge on any atom is -0.348 e. The molecule has 0 radical (unpaired) electrons. The first-order valence-electron chi connectivity index (χ1n) is 10.4. The number of nitrogens with zero attached hydrogens (tertiary/aromatic N) is 5. The number of pyridine rings is 1. The first-order valence-corrected chi connectivity index (χ1v) is 10.4. The number of imidazole rings is 1. The lowest BCUT2D eigenvalue weighted by Gasteiger charge is -2.26. The van der Waals surface area contributed by atoms with Crippen LogP contribution in [0.3, 0.4) is 0 Å². The van der Waals surface area contributed by atoms with Crippen molar-refractivity contribution in [3.63, 3.8) is 0 Å². The minimum absolute atomic E-state index is 0.125. The average Bonchev–Trinajstić information content (AvgIpc) is 3.40. The number of hydrogen-bond donors (Lipinski definition) is 0. The summed E-state index contributed by atoms with van der Waals surface area (Å²) in [4.78, 5) is 11.6. The molecule has 5 rings (SSSR count). The fourth-order valence-electron chi connectivity index (χ4n) is 4.21. The summed E-state index contributed by atoms with van der Waals surface area (Å²) in [6.45, 7) is 5.17. The van der Waals surface area contributed by atoms with Crippen molar-refractivity contribution < 1.29 is 4.39 Å². The van der Waals surface area contributed by atoms with E-state index in [4.69, 9.17) is 10.1 Å². The Morgan fingerprint density at radius 3 is 2.77 bits per heavy atom. The summed E-state index contributed by atoms with van der Waals surface area (Å²) in [5.41, 5.74) is 4.56. The van der Waals surface area contributed by atoms with Crippen LogP contribution in [-0.4, -0.2) is 26.1 Å². The molecule has 1 aliphatic heterocycles. The molecule has 1 saturated heterocycles. The topological polar surface area (TPSA) is 46.3 Å². The van der Waals surface area contributed by atoms with E-state index in [9.17, 15) is 4.39 Å². The largest absolute Gasteiger partial charge is 0.348 e. The fraction of sp³-hybridized carbons (Fsp3) is 0.292. The Morgan fingerprint density at radius 2 is 1.93 bits per heavy atom. The Balaban J connectivity index is 1.55. The molecule has 5 nitrogen and oxygen atoms in total. The first kappa shape index (κ1) is 18.7. The summed E-state index contributed by atoms with van der Waals surface area (Å²) in [5, 5.41) is 4.91. The maximum Gasteiger partial charge on any atom is 0.154 e. The van der Waals surface area contributed by atoms with Crippen LogP contribution in [0.2, 0.25) is 0 Å². The summed E-state index contributed by atoms with van der Waals surface area (Å²) in [6, 6.07) is 17.1. The zero-order chi connectivity index (χ0) is 20.7. The molecule has 1 aromatic carbocycles. The second kappa shape index (κ2) is 7.52. The monoisotopic (exact) mass is 401 g/mol. The molecule has 1 atom stereocenters. The van der Waals surface area contributed by atoms with Gasteiger partial charge in [0.25, 0.3) is 0 Å². The van der Waals surface area contributed by atoms with Crippen molar-refractivity contribution >= 4 is 11.5 Å². The summed E-state index contributed by atoms with van der Waals surface area (Å²) in [6.07, 6.45) is 3.86. The fourth-order valence-corrected chi connectivity index (χ4v) is 4.21. The number of benzene rings is 1. The van der Waals surface area contributed by atoms with Crippen LogP contribution in [0.4, 0.5) is 10.2 Å². The van der Waals surface area contributed by atoms with Crippen LogP contribution in [0.5, 0.6) is 0 Å². The molecule has 4 heterocycles. The minimum atomic E-state index is -0.198. The van der Waals surface area contributed by atoms with Crippen molar-refractivity contribution in [2.75, 3.05) is 11.4 Å². The van der Waals surface area contributed by atoms with Gasteiger partial charge in [-0.15, -0.1) is 5.10 Å². The van der Waals surface area contributed by atoms with Crippen molar-refractivity contribution in [3.8, 4) is 11.4 Å². The van der Waals surface area contributed by atoms with Crippen LogP contribution in [0.15, 0.2) is 60.8 Å². The van der Waals surface area contributed by atoms with Gasteiger partial charge in [-0.2, -0.15) is 0 Å². The van der Waals surface area contributed by atoms with Gasteiger partial charge in [-0.3, -0.25) is 4.98 Å². The summed E-state index contributed by atoms with van der Waals surface area (Å²) in [7, 11) is 0. The van der Waals surface area contributed by atoms with E-state index in [0.29, 0.717) is 5.92 Å². The zero-order valence-corrected chi connectivity index (χ0v) is 17.2. The second-order valence-electron chi connectivity index (χ2n) is 8.11. The third-order valence-corrected chi connectivity index (χ3v) is 5.75. The number of fused-ring (bicyclic) bond motifs is 1. The summed E-state index contributed by atoms with van der Waals surface area (Å²) in [5.74, 6) is 1.02. The van der Waals surface area contributed by atoms with Crippen LogP contribution in [0.25, 0.3) is 17.0 Å². The Bertz CT molecular complexity index is 1200. The smallest absolute Gasteiger partial charge is 0.154 e. The molecule has 0 bridgehead atoms. The van der Waals surface area contributed by atoms with Crippen molar-refractivity contribution in [2.24, 2.45) is 0 Å². The second-order valence-corrected chi connectivity index (χ2v) is 8.11. The quantitative estimate of drug-likeness (QED) is 0.460. The number of rotatable bonds is 4. The van der Waals surface area contributed by atoms with Crippen LogP contribution >= 0.6 is 0 Å². The average molecular weight is 401 g/mol. The predicted octanol–water partition coefficient (Wildman–Crippen LogP) is 5.40. The van der Waals surface area contributed by atoms with Gasteiger partial charge in [0.05, 0.1) is 17.9 Å². The van der Waals surface area contributed by atoms with E-state index < -0.39 is 0 Å². The van der Waals surface area contributed by atoms with Crippen molar-refractivity contribution in [2.45, 2.75) is 38.6 Å². The van der Waals surface area contributed by atoms with Gasteiger partial charge in [0, 0.05) is 12.2 Å². The third-order valence-electron chi connectivity index (χ3n) is 5.75. The molecule has 30 heavy (non-hydrogen) atoms. The number of halogens is 1. The molecule has 0 saturated carbocycles. The third kappa shape index (κ3) is 3.32. The van der Waals surface area contributed by atoms with Crippen molar-refractivity contribution in [1.82, 2.24) is 19.6 Å². The first-order chi connectivity index (χ1) is 14.6. The Kier molecular flexibility index (Phi) is 4.69. The summed E-state index contributed by atoms with van der Waals surface area (Å²) >= 11 is 0. The highest BCUT2D eigenvalue weighted by atomic mass is 19.1. The highest BCUT2D eigenvalue weighted by Crippen LogP contribution is 2.35. The lowest BCUT2D eigenvalue weighted by atomic mass is 10.0. The van der Waals surface area contributed by atoms with Crippen LogP contribution in [0, 0.1) is 5.82 Å². The molecule has 1 aliphatic rings. The molecule has 4 aromatic rings. The molecular weight excluding hydrogens is 377 g/mol. The van der Waals surface area contributed by atoms with E-state index in [0.717, 1.165) is 53.5 Å². The molecule has 1 fully saturated rings. The van der Waals surface area contributed by atoms with E-state index >= 15 is 0 Å². The van der Waals surface area contributed by atoms with Gasteiger partial charge in [-0.25, -0.2) is 13.9 Å². The van der Waals surface area contributed by atoms with Gasteiger partial charge >= 0.3 is 0 Å².